The Kier molecular flexibility index (Phi) is 6.17. The van der Waals surface area contributed by atoms with Gasteiger partial charge in [0.25, 0.3) is 0 Å². The molecule has 0 aromatic carbocycles. The normalized spacial score (nSPS) is 17.0. The van der Waals surface area contributed by atoms with Crippen molar-refractivity contribution in [2.75, 3.05) is 6.61 Å². The van der Waals surface area contributed by atoms with Crippen molar-refractivity contribution < 1.29 is 14.4 Å². The van der Waals surface area contributed by atoms with Gasteiger partial charge in [-0.05, 0) is 32.6 Å². The average Bonchev–Trinajstić information content (AvgIpc) is 3.13. The number of aromatic nitrogens is 2. The Morgan fingerprint density at radius 1 is 1.48 bits per heavy atom. The van der Waals surface area contributed by atoms with Gasteiger partial charge < -0.3 is 14.9 Å². The number of nitrogens with zero attached hydrogens (tertiary/aromatic N) is 2. The van der Waals surface area contributed by atoms with Gasteiger partial charge in [-0.25, -0.2) is 0 Å². The summed E-state index contributed by atoms with van der Waals surface area (Å²) in [6, 6.07) is 0.0846. The van der Waals surface area contributed by atoms with E-state index in [0.29, 0.717) is 31.1 Å². The lowest BCUT2D eigenvalue weighted by Gasteiger charge is -2.12. The van der Waals surface area contributed by atoms with Crippen molar-refractivity contribution >= 4 is 5.91 Å². The Labute approximate surface area is 125 Å². The number of aryl methyl sites for hydroxylation is 1. The molecular formula is C15H25N3O3. The molecule has 0 aliphatic heterocycles. The molecule has 1 saturated carbocycles. The molecule has 2 rings (SSSR count). The molecule has 1 aliphatic carbocycles. The molecule has 1 atom stereocenters. The predicted molar refractivity (Wildman–Crippen MR) is 77.8 cm³/mol. The molecule has 118 valence electrons. The molecule has 0 radical (unpaired) electrons. The fourth-order valence-electron chi connectivity index (χ4n) is 2.76. The van der Waals surface area contributed by atoms with E-state index in [1.807, 2.05) is 6.92 Å². The molecule has 21 heavy (non-hydrogen) atoms. The molecule has 1 aliphatic rings. The third kappa shape index (κ3) is 5.12. The number of carbonyl (C=O) groups is 1. The van der Waals surface area contributed by atoms with Crippen LogP contribution in [-0.2, 0) is 11.2 Å². The van der Waals surface area contributed by atoms with Crippen molar-refractivity contribution in [2.45, 2.75) is 70.3 Å². The van der Waals surface area contributed by atoms with Crippen LogP contribution in [0.15, 0.2) is 4.52 Å². The number of amides is 1. The number of nitrogens with one attached hydrogen (secondary N) is 1. The zero-order valence-corrected chi connectivity index (χ0v) is 12.7. The second-order valence-corrected chi connectivity index (χ2v) is 5.86. The van der Waals surface area contributed by atoms with E-state index in [0.717, 1.165) is 25.1 Å². The zero-order valence-electron chi connectivity index (χ0n) is 12.7. The molecule has 1 unspecified atom stereocenters. The molecule has 0 saturated heterocycles. The first-order chi connectivity index (χ1) is 10.2. The van der Waals surface area contributed by atoms with Crippen molar-refractivity contribution in [3.63, 3.8) is 0 Å². The Bertz CT molecular complexity index is 441. The Morgan fingerprint density at radius 3 is 2.95 bits per heavy atom. The maximum Gasteiger partial charge on any atom is 0.227 e. The molecule has 0 spiro atoms. The Morgan fingerprint density at radius 2 is 2.24 bits per heavy atom. The van der Waals surface area contributed by atoms with Gasteiger partial charge in [-0.3, -0.25) is 4.79 Å². The minimum Gasteiger partial charge on any atom is -0.396 e. The Balaban J connectivity index is 1.71. The first-order valence-electron chi connectivity index (χ1n) is 7.91. The number of hydrogen-bond donors (Lipinski definition) is 2. The minimum atomic E-state index is -0.0129. The summed E-state index contributed by atoms with van der Waals surface area (Å²) in [7, 11) is 0. The van der Waals surface area contributed by atoms with Gasteiger partial charge in [-0.15, -0.1) is 0 Å². The summed E-state index contributed by atoms with van der Waals surface area (Å²) in [6.45, 7) is 2.10. The summed E-state index contributed by atoms with van der Waals surface area (Å²) in [6.07, 6.45) is 7.09. The Hall–Kier alpha value is -1.43. The van der Waals surface area contributed by atoms with Gasteiger partial charge in [0.15, 0.2) is 5.82 Å². The summed E-state index contributed by atoms with van der Waals surface area (Å²) in [5, 5.41) is 15.7. The number of aliphatic hydroxyl groups excluding tert-OH is 1. The van der Waals surface area contributed by atoms with Crippen molar-refractivity contribution in [2.24, 2.45) is 0 Å². The third-order valence-corrected chi connectivity index (χ3v) is 3.97. The molecule has 1 fully saturated rings. The van der Waals surface area contributed by atoms with Crippen LogP contribution in [0, 0.1) is 0 Å². The van der Waals surface area contributed by atoms with Crippen molar-refractivity contribution in [1.82, 2.24) is 15.5 Å². The summed E-state index contributed by atoms with van der Waals surface area (Å²) < 4.78 is 5.22. The lowest BCUT2D eigenvalue weighted by Crippen LogP contribution is -2.32. The molecule has 0 bridgehead atoms. The molecular weight excluding hydrogens is 270 g/mol. The van der Waals surface area contributed by atoms with Crippen LogP contribution in [0.1, 0.15) is 69.5 Å². The largest absolute Gasteiger partial charge is 0.396 e. The fourth-order valence-corrected chi connectivity index (χ4v) is 2.76. The van der Waals surface area contributed by atoms with Gasteiger partial charge in [-0.1, -0.05) is 18.0 Å². The number of aliphatic hydroxyl groups is 1. The van der Waals surface area contributed by atoms with Crippen molar-refractivity contribution in [3.05, 3.63) is 11.7 Å². The number of rotatable bonds is 8. The van der Waals surface area contributed by atoms with Crippen molar-refractivity contribution in [3.8, 4) is 0 Å². The first-order valence-corrected chi connectivity index (χ1v) is 7.91. The summed E-state index contributed by atoms with van der Waals surface area (Å²) in [5.41, 5.74) is 0. The van der Waals surface area contributed by atoms with Gasteiger partial charge in [0, 0.05) is 31.4 Å². The molecule has 1 heterocycles. The van der Waals surface area contributed by atoms with E-state index in [4.69, 9.17) is 9.63 Å². The number of hydrogen-bond acceptors (Lipinski definition) is 5. The monoisotopic (exact) mass is 295 g/mol. The highest BCUT2D eigenvalue weighted by molar-refractivity contribution is 5.76. The van der Waals surface area contributed by atoms with Crippen LogP contribution in [0.2, 0.25) is 0 Å². The van der Waals surface area contributed by atoms with Crippen LogP contribution >= 0.6 is 0 Å². The van der Waals surface area contributed by atoms with Crippen molar-refractivity contribution in [1.29, 1.82) is 0 Å². The van der Waals surface area contributed by atoms with E-state index in [-0.39, 0.29) is 18.6 Å². The van der Waals surface area contributed by atoms with E-state index in [2.05, 4.69) is 15.5 Å². The second kappa shape index (κ2) is 8.12. The van der Waals surface area contributed by atoms with E-state index in [9.17, 15) is 4.79 Å². The molecule has 1 aromatic rings. The minimum absolute atomic E-state index is 0.0129. The summed E-state index contributed by atoms with van der Waals surface area (Å²) >= 11 is 0. The average molecular weight is 295 g/mol. The van der Waals surface area contributed by atoms with Crippen LogP contribution in [0.4, 0.5) is 0 Å². The zero-order chi connectivity index (χ0) is 15.1. The third-order valence-electron chi connectivity index (χ3n) is 3.97. The molecule has 1 amide bonds. The quantitative estimate of drug-likeness (QED) is 0.765. The lowest BCUT2D eigenvalue weighted by molar-refractivity contribution is -0.121. The smallest absolute Gasteiger partial charge is 0.227 e. The van der Waals surface area contributed by atoms with Gasteiger partial charge in [0.05, 0.1) is 0 Å². The maximum absolute atomic E-state index is 11.8. The van der Waals surface area contributed by atoms with Crippen LogP contribution in [0.5, 0.6) is 0 Å². The molecule has 6 heteroatoms. The first kappa shape index (κ1) is 15.9. The van der Waals surface area contributed by atoms with Crippen LogP contribution in [0.3, 0.4) is 0 Å². The van der Waals surface area contributed by atoms with E-state index >= 15 is 0 Å². The van der Waals surface area contributed by atoms with E-state index in [1.54, 1.807) is 0 Å². The summed E-state index contributed by atoms with van der Waals surface area (Å²) in [4.78, 5) is 16.2. The summed E-state index contributed by atoms with van der Waals surface area (Å²) in [5.74, 6) is 1.78. The fraction of sp³-hybridized carbons (Fsp3) is 0.800. The standard InChI is InChI=1S/C15H25N3O3/c1-11(5-4-10-19)16-13(20)8-9-14-17-15(18-21-14)12-6-2-3-7-12/h11-12,19H,2-10H2,1H3,(H,16,20). The molecule has 1 aromatic heterocycles. The van der Waals surface area contributed by atoms with E-state index < -0.39 is 0 Å². The predicted octanol–water partition coefficient (Wildman–Crippen LogP) is 1.94. The van der Waals surface area contributed by atoms with Crippen LogP contribution < -0.4 is 5.32 Å². The van der Waals surface area contributed by atoms with Crippen LogP contribution in [-0.4, -0.2) is 33.8 Å². The van der Waals surface area contributed by atoms with Gasteiger partial charge >= 0.3 is 0 Å². The molecule has 6 nitrogen and oxygen atoms in total. The van der Waals surface area contributed by atoms with Crippen LogP contribution in [0.25, 0.3) is 0 Å². The SMILES string of the molecule is CC(CCCO)NC(=O)CCc1nc(C2CCCC2)no1. The number of carbonyl (C=O) groups excluding carboxylic acids is 1. The van der Waals surface area contributed by atoms with Gasteiger partial charge in [0.1, 0.15) is 0 Å². The highest BCUT2D eigenvalue weighted by atomic mass is 16.5. The lowest BCUT2D eigenvalue weighted by atomic mass is 10.1. The van der Waals surface area contributed by atoms with E-state index in [1.165, 1.54) is 12.8 Å². The molecule has 2 N–H and O–H groups in total. The second-order valence-electron chi connectivity index (χ2n) is 5.86. The maximum atomic E-state index is 11.8. The van der Waals surface area contributed by atoms with Gasteiger partial charge in [0.2, 0.25) is 11.8 Å². The highest BCUT2D eigenvalue weighted by Crippen LogP contribution is 2.32. The van der Waals surface area contributed by atoms with Gasteiger partial charge in [-0.2, -0.15) is 4.98 Å². The topological polar surface area (TPSA) is 88.2 Å². The highest BCUT2D eigenvalue weighted by Gasteiger charge is 2.22.